The molecule has 2 heterocycles. The van der Waals surface area contributed by atoms with Crippen molar-refractivity contribution in [3.8, 4) is 5.75 Å². The molecule has 6 N–H and O–H groups in total. The van der Waals surface area contributed by atoms with Crippen LogP contribution in [0.3, 0.4) is 0 Å². The van der Waals surface area contributed by atoms with E-state index in [0.29, 0.717) is 10.9 Å². The summed E-state index contributed by atoms with van der Waals surface area (Å²) in [5, 5.41) is 43.5. The van der Waals surface area contributed by atoms with Gasteiger partial charge in [-0.25, -0.2) is 4.79 Å². The van der Waals surface area contributed by atoms with Crippen molar-refractivity contribution in [1.82, 2.24) is 10.3 Å². The van der Waals surface area contributed by atoms with E-state index < -0.39 is 61.1 Å². The summed E-state index contributed by atoms with van der Waals surface area (Å²) >= 11 is 3.36. The first-order chi connectivity index (χ1) is 15.1. The highest BCUT2D eigenvalue weighted by molar-refractivity contribution is 9.10. The molecule has 2 aromatic rings. The second-order valence-corrected chi connectivity index (χ2v) is 8.45. The third-order valence-corrected chi connectivity index (χ3v) is 5.80. The molecule has 1 aromatic carbocycles. The fourth-order valence-electron chi connectivity index (χ4n) is 3.84. The molecule has 1 aliphatic rings. The summed E-state index contributed by atoms with van der Waals surface area (Å²) in [6.07, 6.45) is -4.65. The van der Waals surface area contributed by atoms with E-state index in [-0.39, 0.29) is 5.75 Å². The number of aromatic nitrogens is 1. The topological polar surface area (TPSA) is 171 Å². The van der Waals surface area contributed by atoms with E-state index in [9.17, 15) is 30.0 Å². The van der Waals surface area contributed by atoms with Crippen LogP contribution < -0.4 is 10.1 Å². The minimum Gasteiger partial charge on any atom is -0.476 e. The molecular weight excluding hydrogens is 492 g/mol. The van der Waals surface area contributed by atoms with Gasteiger partial charge < -0.3 is 44.9 Å². The van der Waals surface area contributed by atoms with Gasteiger partial charge in [-0.15, -0.1) is 0 Å². The molecule has 176 valence electrons. The lowest BCUT2D eigenvalue weighted by Gasteiger charge is -2.47. The van der Waals surface area contributed by atoms with E-state index in [2.05, 4.69) is 26.2 Å². The zero-order chi connectivity index (χ0) is 23.6. The van der Waals surface area contributed by atoms with Gasteiger partial charge in [-0.1, -0.05) is 15.9 Å². The molecular formula is C20H25BrN2O9. The van der Waals surface area contributed by atoms with Gasteiger partial charge in [-0.05, 0) is 18.2 Å². The molecule has 32 heavy (non-hydrogen) atoms. The third-order valence-electron chi connectivity index (χ3n) is 5.31. The van der Waals surface area contributed by atoms with Crippen molar-refractivity contribution in [2.75, 3.05) is 13.7 Å². The minimum absolute atomic E-state index is 0.157. The maximum absolute atomic E-state index is 12.4. The molecule has 1 aromatic heterocycles. The molecule has 1 aliphatic heterocycles. The van der Waals surface area contributed by atoms with Crippen molar-refractivity contribution in [2.24, 2.45) is 0 Å². The van der Waals surface area contributed by atoms with Gasteiger partial charge >= 0.3 is 11.8 Å². The fourth-order valence-corrected chi connectivity index (χ4v) is 4.20. The smallest absolute Gasteiger partial charge is 0.377 e. The maximum Gasteiger partial charge on any atom is 0.377 e. The van der Waals surface area contributed by atoms with E-state index in [0.717, 1.165) is 4.47 Å². The number of carbonyl (C=O) groups is 2. The normalized spacial score (nSPS) is 27.6. The molecule has 0 unspecified atom stereocenters. The number of amides is 1. The number of halogens is 1. The Kier molecular flexibility index (Phi) is 7.43. The summed E-state index contributed by atoms with van der Waals surface area (Å²) in [7, 11) is 1.22. The highest BCUT2D eigenvalue weighted by atomic mass is 79.9. The Morgan fingerprint density at radius 2 is 2.16 bits per heavy atom. The van der Waals surface area contributed by atoms with Crippen LogP contribution in [0, 0.1) is 0 Å². The Hall–Kier alpha value is -2.22. The number of aromatic amines is 1. The Morgan fingerprint density at radius 3 is 2.75 bits per heavy atom. The number of aliphatic carboxylic acids is 1. The minimum atomic E-state index is -2.37. The number of fused-ring (bicyclic) bond motifs is 1. The third kappa shape index (κ3) is 4.75. The molecule has 0 aliphatic carbocycles. The lowest BCUT2D eigenvalue weighted by molar-refractivity contribution is -0.286. The number of H-pyrrole nitrogens is 1. The van der Waals surface area contributed by atoms with Crippen molar-refractivity contribution >= 4 is 38.7 Å². The van der Waals surface area contributed by atoms with Gasteiger partial charge in [-0.2, -0.15) is 0 Å². The Bertz CT molecular complexity index is 983. The molecule has 1 fully saturated rings. The van der Waals surface area contributed by atoms with Crippen LogP contribution in [0.1, 0.15) is 13.3 Å². The lowest BCUT2D eigenvalue weighted by atomic mass is 9.88. The van der Waals surface area contributed by atoms with Crippen molar-refractivity contribution in [2.45, 2.75) is 49.6 Å². The molecule has 6 atom stereocenters. The van der Waals surface area contributed by atoms with Gasteiger partial charge in [0.1, 0.15) is 24.1 Å². The zero-order valence-electron chi connectivity index (χ0n) is 17.3. The van der Waals surface area contributed by atoms with E-state index in [4.69, 9.17) is 14.2 Å². The summed E-state index contributed by atoms with van der Waals surface area (Å²) in [6, 6.07) is 4.15. The quantitative estimate of drug-likeness (QED) is 0.285. The molecule has 0 bridgehead atoms. The van der Waals surface area contributed by atoms with Crippen LogP contribution in [0.5, 0.6) is 5.75 Å². The number of aliphatic hydroxyl groups is 3. The van der Waals surface area contributed by atoms with Gasteiger partial charge in [0.2, 0.25) is 5.91 Å². The predicted molar refractivity (Wildman–Crippen MR) is 114 cm³/mol. The van der Waals surface area contributed by atoms with Gasteiger partial charge in [0.25, 0.3) is 0 Å². The average molecular weight is 517 g/mol. The standard InChI is InChI=1S/C20H25BrN2O9/c1-9(25)23-16-13(26)6-20(19(28)29,32-18(16)17(30-2)14(27)8-24)31-15-7-22-12-4-3-10(21)5-11(12)15/h3-5,7,13-14,16-18,22,24,26-27H,6,8H2,1-2H3,(H,23,25)(H,28,29)/t13-,14-,16+,17-,18+,20-/m0/s1. The summed E-state index contributed by atoms with van der Waals surface area (Å²) in [5.74, 6) is -4.26. The number of nitrogens with one attached hydrogen (secondary N) is 2. The average Bonchev–Trinajstić information content (AvgIpc) is 3.12. The Balaban J connectivity index is 2.04. The number of hydrogen-bond acceptors (Lipinski definition) is 8. The number of aliphatic hydroxyl groups excluding tert-OH is 3. The van der Waals surface area contributed by atoms with Crippen LogP contribution in [-0.4, -0.2) is 87.2 Å². The second kappa shape index (κ2) is 9.73. The monoisotopic (exact) mass is 516 g/mol. The van der Waals surface area contributed by atoms with Crippen molar-refractivity contribution in [3.63, 3.8) is 0 Å². The molecule has 12 heteroatoms. The van der Waals surface area contributed by atoms with Crippen molar-refractivity contribution in [1.29, 1.82) is 0 Å². The Labute approximate surface area is 191 Å². The lowest BCUT2D eigenvalue weighted by Crippen LogP contribution is -2.69. The van der Waals surface area contributed by atoms with Crippen LogP contribution in [0.4, 0.5) is 0 Å². The highest BCUT2D eigenvalue weighted by Gasteiger charge is 2.57. The number of benzene rings is 1. The van der Waals surface area contributed by atoms with Crippen LogP contribution in [0.25, 0.3) is 10.9 Å². The number of hydrogen-bond donors (Lipinski definition) is 6. The largest absolute Gasteiger partial charge is 0.476 e. The Morgan fingerprint density at radius 1 is 1.44 bits per heavy atom. The molecule has 0 saturated carbocycles. The van der Waals surface area contributed by atoms with Crippen LogP contribution in [0.2, 0.25) is 0 Å². The van der Waals surface area contributed by atoms with Crippen LogP contribution in [-0.2, 0) is 19.1 Å². The van der Waals surface area contributed by atoms with E-state index >= 15 is 0 Å². The summed E-state index contributed by atoms with van der Waals surface area (Å²) in [5.41, 5.74) is 0.679. The number of ether oxygens (including phenoxy) is 3. The van der Waals surface area contributed by atoms with Gasteiger partial charge in [0, 0.05) is 35.6 Å². The zero-order valence-corrected chi connectivity index (χ0v) is 18.9. The van der Waals surface area contributed by atoms with E-state index in [1.54, 1.807) is 18.2 Å². The predicted octanol–water partition coefficient (Wildman–Crippen LogP) is 0.113. The number of carboxylic acids is 1. The molecule has 0 spiro atoms. The fraction of sp³-hybridized carbons (Fsp3) is 0.500. The van der Waals surface area contributed by atoms with Crippen molar-refractivity contribution in [3.05, 3.63) is 28.9 Å². The van der Waals surface area contributed by atoms with Crippen molar-refractivity contribution < 1.29 is 44.2 Å². The van der Waals surface area contributed by atoms with Gasteiger partial charge in [0.15, 0.2) is 0 Å². The molecule has 11 nitrogen and oxygen atoms in total. The summed E-state index contributed by atoms with van der Waals surface area (Å²) < 4.78 is 17.6. The number of rotatable bonds is 8. The van der Waals surface area contributed by atoms with Gasteiger partial charge in [0.05, 0.1) is 25.2 Å². The summed E-state index contributed by atoms with van der Waals surface area (Å²) in [6.45, 7) is 0.492. The van der Waals surface area contributed by atoms with E-state index in [1.165, 1.54) is 20.2 Å². The molecule has 1 amide bonds. The number of carbonyl (C=O) groups excluding carboxylic acids is 1. The van der Waals surface area contributed by atoms with Crippen LogP contribution in [0.15, 0.2) is 28.9 Å². The SMILES string of the molecule is CO[C@H]([C@@H]1O[C@](Oc2c[nH]c3ccc(Br)cc23)(C(=O)O)C[C@H](O)[C@H]1NC(C)=O)[C@@H](O)CO. The molecule has 0 radical (unpaired) electrons. The first kappa shape index (κ1) is 24.4. The first-order valence-corrected chi connectivity index (χ1v) is 10.5. The van der Waals surface area contributed by atoms with E-state index in [1.807, 2.05) is 0 Å². The van der Waals surface area contributed by atoms with Crippen LogP contribution >= 0.6 is 15.9 Å². The molecule has 3 rings (SSSR count). The highest BCUT2D eigenvalue weighted by Crippen LogP contribution is 2.38. The second-order valence-electron chi connectivity index (χ2n) is 7.53. The summed E-state index contributed by atoms with van der Waals surface area (Å²) in [4.78, 5) is 27.0. The van der Waals surface area contributed by atoms with Gasteiger partial charge in [-0.3, -0.25) is 4.79 Å². The number of carboxylic acid groups (broad SMARTS) is 1. The maximum atomic E-state index is 12.4. The molecule has 1 saturated heterocycles. The number of methoxy groups -OCH3 is 1. The first-order valence-electron chi connectivity index (χ1n) is 9.75.